The maximum Gasteiger partial charge on any atom is 0.416 e. The zero-order valence-electron chi connectivity index (χ0n) is 26.2. The summed E-state index contributed by atoms with van der Waals surface area (Å²) in [6.07, 6.45) is -5.11. The number of alkyl halides is 3. The number of nitro benzene ring substituents is 1. The molecule has 0 saturated carbocycles. The van der Waals surface area contributed by atoms with Crippen LogP contribution in [0.1, 0.15) is 36.7 Å². The second kappa shape index (κ2) is 17.5. The monoisotopic (exact) mass is 770 g/mol. The number of carboxylic acid groups (broad SMARTS) is 1. The van der Waals surface area contributed by atoms with Gasteiger partial charge in [-0.05, 0) is 57.2 Å². The summed E-state index contributed by atoms with van der Waals surface area (Å²) in [6.45, 7) is 4.73. The van der Waals surface area contributed by atoms with E-state index in [2.05, 4.69) is 10.0 Å². The maximum absolute atomic E-state index is 12.6. The van der Waals surface area contributed by atoms with Crippen molar-refractivity contribution in [1.82, 2.24) is 9.62 Å². The minimum Gasteiger partial charge on any atom is -0.487 e. The Balaban J connectivity index is 0.000000287. The molecule has 0 fully saturated rings. The fourth-order valence-corrected chi connectivity index (χ4v) is 5.91. The molecular weight excluding hydrogens is 740 g/mol. The molecule has 274 valence electrons. The number of para-hydroxylation sites is 1. The predicted octanol–water partition coefficient (Wildman–Crippen LogP) is 5.46. The Kier molecular flexibility index (Phi) is 14.6. The standard InChI is InChI=1S/C15H11ClF3NO4.C10H12N2O3S.C3H8NO5P/c1-2-23-14-8-10(4-5-12(14)20(21)22)24-13-6-3-9(7-11(13)16)15(17,18)19;1-7(2)12-10(13)8-5-3-4-6-9(8)11-16(12,14)15;5-3(6)1-4-2-10(7,8)9/h3-8H,2H2,1H3;3-7,11H,1-2H3;4H,1-2H2,(H,5,6)(H2,7,8,9). The number of aliphatic carboxylic acids is 1. The minimum absolute atomic E-state index is 0.0111. The highest BCUT2D eigenvalue weighted by Gasteiger charge is 2.37. The molecular formula is C28H31ClF3N4O12PS. The molecule has 16 nitrogen and oxygen atoms in total. The van der Waals surface area contributed by atoms with Crippen LogP contribution >= 0.6 is 19.2 Å². The Morgan fingerprint density at radius 1 is 1.12 bits per heavy atom. The number of nitro groups is 1. The van der Waals surface area contributed by atoms with Gasteiger partial charge in [0, 0.05) is 18.2 Å². The van der Waals surface area contributed by atoms with Crippen molar-refractivity contribution >= 4 is 52.7 Å². The Hall–Kier alpha value is -4.46. The van der Waals surface area contributed by atoms with E-state index in [1.807, 2.05) is 0 Å². The van der Waals surface area contributed by atoms with Crippen molar-refractivity contribution in [2.75, 3.05) is 24.2 Å². The van der Waals surface area contributed by atoms with E-state index in [1.165, 1.54) is 18.2 Å². The molecule has 0 radical (unpaired) electrons. The van der Waals surface area contributed by atoms with Crippen LogP contribution in [-0.2, 0) is 25.7 Å². The number of carbonyl (C=O) groups is 2. The molecule has 3 aromatic carbocycles. The third-order valence-electron chi connectivity index (χ3n) is 5.83. The minimum atomic E-state index is -4.52. The normalized spacial score (nSPS) is 13.5. The van der Waals surface area contributed by atoms with Crippen LogP contribution in [-0.4, -0.2) is 69.9 Å². The first kappa shape index (κ1) is 41.7. The lowest BCUT2D eigenvalue weighted by atomic mass is 10.1. The van der Waals surface area contributed by atoms with Gasteiger partial charge in [0.05, 0.1) is 46.2 Å². The number of amides is 1. The highest BCUT2D eigenvalue weighted by atomic mass is 35.5. The van der Waals surface area contributed by atoms with Gasteiger partial charge in [0.1, 0.15) is 11.5 Å². The molecule has 1 heterocycles. The number of carbonyl (C=O) groups excluding carboxylic acids is 1. The van der Waals surface area contributed by atoms with Gasteiger partial charge in [0.25, 0.3) is 5.91 Å². The molecule has 0 unspecified atom stereocenters. The van der Waals surface area contributed by atoms with Gasteiger partial charge in [-0.25, -0.2) is 4.31 Å². The molecule has 1 aliphatic heterocycles. The van der Waals surface area contributed by atoms with Crippen molar-refractivity contribution in [3.05, 3.63) is 86.9 Å². The molecule has 0 aliphatic carbocycles. The van der Waals surface area contributed by atoms with E-state index in [-0.39, 0.29) is 34.6 Å². The van der Waals surface area contributed by atoms with E-state index in [0.717, 1.165) is 22.5 Å². The highest BCUT2D eigenvalue weighted by Crippen LogP contribution is 2.38. The van der Waals surface area contributed by atoms with Crippen molar-refractivity contribution in [3.63, 3.8) is 0 Å². The van der Waals surface area contributed by atoms with Crippen LogP contribution in [0.4, 0.5) is 24.5 Å². The number of anilines is 1. The van der Waals surface area contributed by atoms with Crippen molar-refractivity contribution in [2.24, 2.45) is 0 Å². The molecule has 0 spiro atoms. The van der Waals surface area contributed by atoms with E-state index >= 15 is 0 Å². The van der Waals surface area contributed by atoms with Crippen LogP contribution in [0.15, 0.2) is 60.7 Å². The topological polar surface area (TPSA) is 235 Å². The molecule has 3 aromatic rings. The van der Waals surface area contributed by atoms with E-state index in [9.17, 15) is 45.9 Å². The summed E-state index contributed by atoms with van der Waals surface area (Å²) in [6, 6.07) is 12.6. The quantitative estimate of drug-likeness (QED) is 0.0980. The van der Waals surface area contributed by atoms with Crippen LogP contribution in [0.3, 0.4) is 0 Å². The summed E-state index contributed by atoms with van der Waals surface area (Å²) in [4.78, 5) is 48.4. The van der Waals surface area contributed by atoms with Gasteiger partial charge in [-0.2, -0.15) is 21.6 Å². The summed E-state index contributed by atoms with van der Waals surface area (Å²) < 4.78 is 85.2. The summed E-state index contributed by atoms with van der Waals surface area (Å²) >= 11 is 5.80. The SMILES string of the molecule is CC(C)N1C(=O)c2ccccc2NS1(=O)=O.CCOc1cc(Oc2ccc(C(F)(F)F)cc2Cl)ccc1[N+](=O)[O-].O=C(O)CNCP(=O)(O)O. The average Bonchev–Trinajstić information content (AvgIpc) is 2.97. The van der Waals surface area contributed by atoms with Gasteiger partial charge < -0.3 is 24.4 Å². The van der Waals surface area contributed by atoms with Gasteiger partial charge in [-0.3, -0.25) is 34.3 Å². The van der Waals surface area contributed by atoms with E-state index < -0.39 is 65.2 Å². The molecule has 0 bridgehead atoms. The first-order valence-corrected chi connectivity index (χ1v) is 17.6. The number of nitrogens with one attached hydrogen (secondary N) is 2. The second-order valence-electron chi connectivity index (χ2n) is 10.1. The van der Waals surface area contributed by atoms with Crippen LogP contribution in [0.25, 0.3) is 0 Å². The summed E-state index contributed by atoms with van der Waals surface area (Å²) in [7, 11) is -7.85. The number of rotatable bonds is 10. The summed E-state index contributed by atoms with van der Waals surface area (Å²) in [5.74, 6) is -1.51. The van der Waals surface area contributed by atoms with E-state index in [4.69, 9.17) is 36.0 Å². The molecule has 0 aromatic heterocycles. The number of carboxylic acids is 1. The predicted molar refractivity (Wildman–Crippen MR) is 174 cm³/mol. The first-order chi connectivity index (χ1) is 23.1. The van der Waals surface area contributed by atoms with Gasteiger partial charge >= 0.3 is 35.6 Å². The fraction of sp³-hybridized carbons (Fsp3) is 0.286. The molecule has 1 amide bonds. The van der Waals surface area contributed by atoms with Gasteiger partial charge in [-0.15, -0.1) is 0 Å². The molecule has 0 atom stereocenters. The zero-order chi connectivity index (χ0) is 38.0. The van der Waals surface area contributed by atoms with E-state index in [1.54, 1.807) is 45.0 Å². The number of halogens is 4. The Morgan fingerprint density at radius 3 is 2.28 bits per heavy atom. The van der Waals surface area contributed by atoms with Crippen LogP contribution in [0.5, 0.6) is 17.2 Å². The molecule has 22 heteroatoms. The third kappa shape index (κ3) is 12.5. The smallest absolute Gasteiger partial charge is 0.416 e. The average molecular weight is 771 g/mol. The second-order valence-corrected chi connectivity index (χ2v) is 13.7. The Labute approximate surface area is 288 Å². The summed E-state index contributed by atoms with van der Waals surface area (Å²) in [5.41, 5.74) is -0.434. The van der Waals surface area contributed by atoms with Gasteiger partial charge in [0.2, 0.25) is 5.75 Å². The van der Waals surface area contributed by atoms with Gasteiger partial charge in [0.15, 0.2) is 0 Å². The number of hydrogen-bond donors (Lipinski definition) is 5. The highest BCUT2D eigenvalue weighted by molar-refractivity contribution is 7.91. The number of ether oxygens (including phenoxy) is 2. The maximum atomic E-state index is 12.6. The van der Waals surface area contributed by atoms with Crippen molar-refractivity contribution in [2.45, 2.75) is 33.0 Å². The number of benzene rings is 3. The number of nitrogens with zero attached hydrogens (tertiary/aromatic N) is 2. The van der Waals surface area contributed by atoms with Gasteiger partial charge in [-0.1, -0.05) is 23.7 Å². The molecule has 5 N–H and O–H groups in total. The van der Waals surface area contributed by atoms with Crippen LogP contribution in [0.2, 0.25) is 5.02 Å². The number of fused-ring (bicyclic) bond motifs is 1. The lowest BCUT2D eigenvalue weighted by molar-refractivity contribution is -0.385. The molecule has 1 aliphatic rings. The number of hydrogen-bond acceptors (Lipinski definition) is 10. The largest absolute Gasteiger partial charge is 0.487 e. The molecule has 0 saturated heterocycles. The van der Waals surface area contributed by atoms with Crippen LogP contribution < -0.4 is 19.5 Å². The third-order valence-corrected chi connectivity index (χ3v) is 8.35. The lowest BCUT2D eigenvalue weighted by Crippen LogP contribution is -2.48. The first-order valence-electron chi connectivity index (χ1n) is 14.0. The summed E-state index contributed by atoms with van der Waals surface area (Å²) in [5, 5.41) is 20.7. The van der Waals surface area contributed by atoms with Crippen molar-refractivity contribution in [3.8, 4) is 17.2 Å². The van der Waals surface area contributed by atoms with E-state index in [0.29, 0.717) is 11.3 Å². The molecule has 50 heavy (non-hydrogen) atoms. The lowest BCUT2D eigenvalue weighted by Gasteiger charge is -2.31. The Morgan fingerprint density at radius 2 is 1.76 bits per heavy atom. The van der Waals surface area contributed by atoms with Crippen molar-refractivity contribution < 1.29 is 65.0 Å². The molecule has 4 rings (SSSR count). The zero-order valence-corrected chi connectivity index (χ0v) is 28.7. The van der Waals surface area contributed by atoms with Crippen molar-refractivity contribution in [1.29, 1.82) is 0 Å². The fourth-order valence-electron chi connectivity index (χ4n) is 3.86. The Bertz CT molecular complexity index is 1860. The van der Waals surface area contributed by atoms with Crippen LogP contribution in [0, 0.1) is 10.1 Å².